The van der Waals surface area contributed by atoms with Crippen LogP contribution < -0.4 is 16.4 Å². The van der Waals surface area contributed by atoms with Gasteiger partial charge in [-0.3, -0.25) is 14.4 Å². The van der Waals surface area contributed by atoms with Crippen LogP contribution in [-0.2, 0) is 14.4 Å². The number of alkyl halides is 1. The number of carbonyl (C=O) groups is 3. The first kappa shape index (κ1) is 13.9. The van der Waals surface area contributed by atoms with Crippen LogP contribution in [0.2, 0.25) is 0 Å². The maximum absolute atomic E-state index is 11.5. The number of nitrogens with one attached hydrogen (secondary N) is 2. The number of halogens is 1. The number of nitrogens with two attached hydrogens (primary N) is 1. The molecule has 1 saturated heterocycles. The average molecular weight is 262 g/mol. The molecule has 0 radical (unpaired) electrons. The van der Waals surface area contributed by atoms with Gasteiger partial charge >= 0.3 is 0 Å². The van der Waals surface area contributed by atoms with Gasteiger partial charge in [0.15, 0.2) is 5.78 Å². The van der Waals surface area contributed by atoms with E-state index in [0.29, 0.717) is 13.0 Å². The van der Waals surface area contributed by atoms with Gasteiger partial charge in [0.2, 0.25) is 11.8 Å². The van der Waals surface area contributed by atoms with Crippen molar-refractivity contribution in [1.82, 2.24) is 10.6 Å². The summed E-state index contributed by atoms with van der Waals surface area (Å²) >= 11 is 5.46. The molecular weight excluding hydrogens is 246 g/mol. The lowest BCUT2D eigenvalue weighted by atomic mass is 9.96. The van der Waals surface area contributed by atoms with E-state index in [1.807, 2.05) is 0 Å². The summed E-state index contributed by atoms with van der Waals surface area (Å²) in [5.41, 5.74) is 5.16. The van der Waals surface area contributed by atoms with Crippen LogP contribution >= 0.6 is 11.6 Å². The molecule has 0 aliphatic carbocycles. The van der Waals surface area contributed by atoms with E-state index in [2.05, 4.69) is 10.6 Å². The van der Waals surface area contributed by atoms with Gasteiger partial charge in [0, 0.05) is 12.5 Å². The van der Waals surface area contributed by atoms with Crippen molar-refractivity contribution in [3.8, 4) is 0 Å². The van der Waals surface area contributed by atoms with Crippen LogP contribution in [0.3, 0.4) is 0 Å². The smallest absolute Gasteiger partial charge is 0.234 e. The van der Waals surface area contributed by atoms with E-state index in [1.54, 1.807) is 0 Å². The number of ketones is 1. The fraction of sp³-hybridized carbons (Fsp3) is 0.700. The lowest BCUT2D eigenvalue weighted by Crippen LogP contribution is -2.45. The van der Waals surface area contributed by atoms with Gasteiger partial charge in [0.1, 0.15) is 0 Å². The van der Waals surface area contributed by atoms with Crippen LogP contribution in [0.5, 0.6) is 0 Å². The molecular formula is C10H16ClN3O3. The molecule has 1 aliphatic heterocycles. The zero-order valence-corrected chi connectivity index (χ0v) is 10.1. The number of Topliss-reactive ketones (excluding diaryl/α,β-unsaturated/α-hetero) is 1. The van der Waals surface area contributed by atoms with Gasteiger partial charge in [-0.05, 0) is 12.8 Å². The molecule has 0 spiro atoms. The van der Waals surface area contributed by atoms with Crippen LogP contribution in [0.4, 0.5) is 0 Å². The van der Waals surface area contributed by atoms with Crippen molar-refractivity contribution in [3.63, 3.8) is 0 Å². The molecule has 1 rings (SSSR count). The average Bonchev–Trinajstić information content (AvgIpc) is 2.73. The SMILES string of the molecule is NCC(=O)NC(C[C@@H]1CCNC1=O)C(=O)CCl. The molecule has 6 nitrogen and oxygen atoms in total. The van der Waals surface area contributed by atoms with Gasteiger partial charge in [-0.25, -0.2) is 0 Å². The molecule has 0 aromatic rings. The first-order valence-corrected chi connectivity index (χ1v) is 5.97. The van der Waals surface area contributed by atoms with Crippen LogP contribution in [-0.4, -0.2) is 42.6 Å². The van der Waals surface area contributed by atoms with Crippen molar-refractivity contribution < 1.29 is 14.4 Å². The maximum Gasteiger partial charge on any atom is 0.234 e. The molecule has 2 atom stereocenters. The Morgan fingerprint density at radius 1 is 1.59 bits per heavy atom. The van der Waals surface area contributed by atoms with Gasteiger partial charge in [-0.15, -0.1) is 11.6 Å². The highest BCUT2D eigenvalue weighted by Crippen LogP contribution is 2.16. The van der Waals surface area contributed by atoms with E-state index in [9.17, 15) is 14.4 Å². The van der Waals surface area contributed by atoms with Crippen molar-refractivity contribution in [2.45, 2.75) is 18.9 Å². The molecule has 17 heavy (non-hydrogen) atoms. The van der Waals surface area contributed by atoms with Crippen molar-refractivity contribution in [2.24, 2.45) is 11.7 Å². The molecule has 1 aliphatic rings. The Morgan fingerprint density at radius 2 is 2.29 bits per heavy atom. The summed E-state index contributed by atoms with van der Waals surface area (Å²) < 4.78 is 0. The molecule has 0 aromatic carbocycles. The highest BCUT2D eigenvalue weighted by molar-refractivity contribution is 6.28. The van der Waals surface area contributed by atoms with E-state index >= 15 is 0 Å². The third-order valence-electron chi connectivity index (χ3n) is 2.72. The summed E-state index contributed by atoms with van der Waals surface area (Å²) in [6.45, 7) is 0.416. The zero-order chi connectivity index (χ0) is 12.8. The molecule has 1 heterocycles. The highest BCUT2D eigenvalue weighted by atomic mass is 35.5. The summed E-state index contributed by atoms with van der Waals surface area (Å²) in [4.78, 5) is 34.1. The molecule has 4 N–H and O–H groups in total. The minimum atomic E-state index is -0.725. The largest absolute Gasteiger partial charge is 0.356 e. The zero-order valence-electron chi connectivity index (χ0n) is 9.37. The van der Waals surface area contributed by atoms with Crippen molar-refractivity contribution >= 4 is 29.2 Å². The Balaban J connectivity index is 2.59. The lowest BCUT2D eigenvalue weighted by molar-refractivity contribution is -0.127. The topological polar surface area (TPSA) is 101 Å². The first-order chi connectivity index (χ1) is 8.08. The molecule has 0 saturated carbocycles. The van der Waals surface area contributed by atoms with Gasteiger partial charge in [0.25, 0.3) is 0 Å². The van der Waals surface area contributed by atoms with Gasteiger partial charge < -0.3 is 16.4 Å². The van der Waals surface area contributed by atoms with Crippen LogP contribution in [0.25, 0.3) is 0 Å². The molecule has 0 bridgehead atoms. The normalized spacial score (nSPS) is 20.8. The van der Waals surface area contributed by atoms with E-state index in [0.717, 1.165) is 0 Å². The molecule has 2 amide bonds. The third-order valence-corrected chi connectivity index (χ3v) is 2.99. The Labute approximate surface area is 104 Å². The summed E-state index contributed by atoms with van der Waals surface area (Å²) in [6, 6.07) is -0.725. The van der Waals surface area contributed by atoms with Crippen LogP contribution in [0.1, 0.15) is 12.8 Å². The van der Waals surface area contributed by atoms with Gasteiger partial charge in [0.05, 0.1) is 18.5 Å². The Kier molecular flexibility index (Phi) is 5.37. The summed E-state index contributed by atoms with van der Waals surface area (Å²) in [5, 5.41) is 5.17. The highest BCUT2D eigenvalue weighted by Gasteiger charge is 2.30. The third kappa shape index (κ3) is 3.98. The van der Waals surface area contributed by atoms with E-state index in [-0.39, 0.29) is 36.5 Å². The quantitative estimate of drug-likeness (QED) is 0.521. The van der Waals surface area contributed by atoms with Gasteiger partial charge in [-0.2, -0.15) is 0 Å². The first-order valence-electron chi connectivity index (χ1n) is 5.44. The minimum absolute atomic E-state index is 0.0839. The van der Waals surface area contributed by atoms with Crippen molar-refractivity contribution in [3.05, 3.63) is 0 Å². The number of hydrogen-bond acceptors (Lipinski definition) is 4. The standard InChI is InChI=1S/C10H16ClN3O3/c11-4-8(15)7(14-9(16)5-12)3-6-1-2-13-10(6)17/h6-7H,1-5,12H2,(H,13,17)(H,14,16)/t6-,7?/m0/s1. The number of amides is 2. The van der Waals surface area contributed by atoms with Gasteiger partial charge in [-0.1, -0.05) is 0 Å². The second-order valence-corrected chi connectivity index (χ2v) is 4.20. The molecule has 1 fully saturated rings. The van der Waals surface area contributed by atoms with Crippen molar-refractivity contribution in [2.75, 3.05) is 19.0 Å². The van der Waals surface area contributed by atoms with Crippen LogP contribution in [0, 0.1) is 5.92 Å². The van der Waals surface area contributed by atoms with E-state index in [4.69, 9.17) is 17.3 Å². The molecule has 96 valence electrons. The molecule has 1 unspecified atom stereocenters. The fourth-order valence-corrected chi connectivity index (χ4v) is 1.96. The fourth-order valence-electron chi connectivity index (χ4n) is 1.77. The Morgan fingerprint density at radius 3 is 2.76 bits per heavy atom. The van der Waals surface area contributed by atoms with Crippen molar-refractivity contribution in [1.29, 1.82) is 0 Å². The lowest BCUT2D eigenvalue weighted by Gasteiger charge is -2.18. The Hall–Kier alpha value is -1.14. The monoisotopic (exact) mass is 261 g/mol. The Bertz CT molecular complexity index is 322. The van der Waals surface area contributed by atoms with E-state index < -0.39 is 11.9 Å². The predicted octanol–water partition coefficient (Wildman–Crippen LogP) is -1.24. The second-order valence-electron chi connectivity index (χ2n) is 3.94. The summed E-state index contributed by atoms with van der Waals surface area (Å²) in [6.07, 6.45) is 0.951. The molecule has 7 heteroatoms. The minimum Gasteiger partial charge on any atom is -0.356 e. The second kappa shape index (κ2) is 6.56. The number of hydrogen-bond donors (Lipinski definition) is 3. The van der Waals surface area contributed by atoms with Crippen LogP contribution in [0.15, 0.2) is 0 Å². The number of rotatable bonds is 6. The molecule has 0 aromatic heterocycles. The summed E-state index contributed by atoms with van der Waals surface area (Å²) in [5.74, 6) is -1.24. The predicted molar refractivity (Wildman–Crippen MR) is 62.4 cm³/mol. The van der Waals surface area contributed by atoms with E-state index in [1.165, 1.54) is 0 Å². The maximum atomic E-state index is 11.5. The summed E-state index contributed by atoms with van der Waals surface area (Å²) in [7, 11) is 0. The number of carbonyl (C=O) groups excluding carboxylic acids is 3.